The van der Waals surface area contributed by atoms with E-state index in [4.69, 9.17) is 5.10 Å². The normalized spacial score (nSPS) is 15.8. The number of fused-ring (bicyclic) bond motifs is 2. The average Bonchev–Trinajstić information content (AvgIpc) is 3.96. The number of aryl methyl sites for hydroxylation is 4. The SMILES string of the molecule is CC(=O)N1CCc2c(c(N3CCCc4cc(-c5cnn(C)c5)c(C(F)F)cc43)nn2C2CCN(CC(=O)NCCNc3ccc(C(=O)Nc4ncc(C)s4)c(C)c3)CC2)C1. The number of piperidine rings is 1. The van der Waals surface area contributed by atoms with E-state index in [9.17, 15) is 23.2 Å². The lowest BCUT2D eigenvalue weighted by Gasteiger charge is -2.33. The van der Waals surface area contributed by atoms with Gasteiger partial charge in [-0.05, 0) is 86.6 Å². The number of carbonyl (C=O) groups excluding carboxylic acids is 3. The summed E-state index contributed by atoms with van der Waals surface area (Å²) in [6, 6.07) is 9.18. The number of aromatic nitrogens is 5. The van der Waals surface area contributed by atoms with Crippen LogP contribution >= 0.6 is 11.3 Å². The topological polar surface area (TPSA) is 146 Å². The van der Waals surface area contributed by atoms with Crippen molar-refractivity contribution in [3.8, 4) is 11.1 Å². The third-order valence-corrected chi connectivity index (χ3v) is 12.6. The van der Waals surface area contributed by atoms with Crippen molar-refractivity contribution in [3.63, 3.8) is 0 Å². The number of halogens is 2. The standard InChI is InChI=1S/C43H51F2N11O3S/c1-26-18-31(7-8-33(26)42(59)50-43-48-21-27(2)60-43)46-12-13-47-39(58)25-53-15-9-32(10-16-53)56-37-11-17-54(28(3)57)24-36(37)41(51-56)55-14-5-6-29-19-34(30-22-49-52(4)23-30)35(40(44)45)20-38(29)55/h7-8,18-23,32,40,46H,5-6,9-17,24-25H2,1-4H3,(H,47,58)(H,48,50,59). The number of nitrogens with zero attached hydrogens (tertiary/aromatic N) is 8. The van der Waals surface area contributed by atoms with Gasteiger partial charge in [0.15, 0.2) is 10.9 Å². The van der Waals surface area contributed by atoms with Crippen molar-refractivity contribution in [3.05, 3.63) is 87.3 Å². The van der Waals surface area contributed by atoms with Gasteiger partial charge >= 0.3 is 0 Å². The van der Waals surface area contributed by atoms with Gasteiger partial charge in [0, 0.05) is 116 Å². The van der Waals surface area contributed by atoms with Gasteiger partial charge in [-0.2, -0.15) is 10.2 Å². The second-order valence-electron chi connectivity index (χ2n) is 16.0. The number of nitrogens with one attached hydrogen (secondary N) is 3. The van der Waals surface area contributed by atoms with Gasteiger partial charge in [0.1, 0.15) is 0 Å². The first-order chi connectivity index (χ1) is 28.9. The van der Waals surface area contributed by atoms with E-state index in [2.05, 4.69) is 40.5 Å². The lowest BCUT2D eigenvalue weighted by molar-refractivity contribution is -0.129. The highest BCUT2D eigenvalue weighted by Crippen LogP contribution is 2.43. The molecule has 2 aromatic carbocycles. The molecule has 60 heavy (non-hydrogen) atoms. The molecule has 0 radical (unpaired) electrons. The summed E-state index contributed by atoms with van der Waals surface area (Å²) in [6.45, 7) is 9.78. The molecular formula is C43H51F2N11O3S. The Morgan fingerprint density at radius 2 is 1.82 bits per heavy atom. The van der Waals surface area contributed by atoms with E-state index in [1.807, 2.05) is 36.9 Å². The highest BCUT2D eigenvalue weighted by atomic mass is 32.1. The number of anilines is 4. The van der Waals surface area contributed by atoms with Crippen LogP contribution in [0.15, 0.2) is 48.9 Å². The number of rotatable bonds is 12. The van der Waals surface area contributed by atoms with Gasteiger partial charge in [-0.25, -0.2) is 13.8 Å². The monoisotopic (exact) mass is 839 g/mol. The van der Waals surface area contributed by atoms with E-state index in [-0.39, 0.29) is 29.3 Å². The van der Waals surface area contributed by atoms with E-state index >= 15 is 0 Å². The largest absolute Gasteiger partial charge is 0.383 e. The Balaban J connectivity index is 0.891. The molecule has 0 bridgehead atoms. The van der Waals surface area contributed by atoms with Crippen molar-refractivity contribution < 1.29 is 23.2 Å². The fourth-order valence-corrected chi connectivity index (χ4v) is 9.33. The van der Waals surface area contributed by atoms with E-state index in [0.29, 0.717) is 67.5 Å². The first kappa shape index (κ1) is 41.1. The molecule has 3 N–H and O–H groups in total. The quantitative estimate of drug-likeness (QED) is 0.122. The van der Waals surface area contributed by atoms with E-state index < -0.39 is 6.43 Å². The maximum absolute atomic E-state index is 14.7. The third-order valence-electron chi connectivity index (χ3n) is 11.7. The van der Waals surface area contributed by atoms with Crippen LogP contribution in [0.25, 0.3) is 11.1 Å². The molecule has 3 aliphatic rings. The lowest BCUT2D eigenvalue weighted by Crippen LogP contribution is -2.43. The second kappa shape index (κ2) is 17.5. The number of benzene rings is 2. The highest BCUT2D eigenvalue weighted by molar-refractivity contribution is 7.15. The molecule has 8 rings (SSSR count). The van der Waals surface area contributed by atoms with Crippen molar-refractivity contribution in [1.82, 2.24) is 39.7 Å². The summed E-state index contributed by atoms with van der Waals surface area (Å²) in [7, 11) is 1.78. The van der Waals surface area contributed by atoms with Gasteiger partial charge < -0.3 is 20.4 Å². The van der Waals surface area contributed by atoms with Crippen molar-refractivity contribution in [2.45, 2.75) is 71.9 Å². The zero-order valence-electron chi connectivity index (χ0n) is 34.4. The van der Waals surface area contributed by atoms with E-state index in [0.717, 1.165) is 83.2 Å². The second-order valence-corrected chi connectivity index (χ2v) is 17.2. The number of hydrogen-bond acceptors (Lipinski definition) is 10. The number of thiazole rings is 1. The minimum atomic E-state index is -2.67. The molecule has 1 fully saturated rings. The van der Waals surface area contributed by atoms with Crippen LogP contribution in [0.4, 0.5) is 31.1 Å². The molecule has 6 heterocycles. The Hall–Kier alpha value is -5.68. The minimum absolute atomic E-state index is 0.00441. The zero-order valence-corrected chi connectivity index (χ0v) is 35.2. The van der Waals surface area contributed by atoms with Crippen LogP contribution in [-0.4, -0.2) is 97.9 Å². The Labute approximate surface area is 351 Å². The van der Waals surface area contributed by atoms with E-state index in [1.165, 1.54) is 11.3 Å². The maximum Gasteiger partial charge on any atom is 0.264 e. The van der Waals surface area contributed by atoms with Crippen LogP contribution in [0.5, 0.6) is 0 Å². The van der Waals surface area contributed by atoms with Crippen molar-refractivity contribution in [2.75, 3.05) is 61.3 Å². The van der Waals surface area contributed by atoms with Crippen LogP contribution in [0, 0.1) is 13.8 Å². The molecule has 0 aliphatic carbocycles. The van der Waals surface area contributed by atoms with Crippen molar-refractivity contribution in [2.24, 2.45) is 7.05 Å². The molecule has 17 heteroatoms. The molecule has 3 aromatic heterocycles. The Morgan fingerprint density at radius 3 is 2.52 bits per heavy atom. The predicted octanol–water partition coefficient (Wildman–Crippen LogP) is 6.40. The first-order valence-electron chi connectivity index (χ1n) is 20.6. The molecule has 3 aliphatic heterocycles. The molecule has 5 aromatic rings. The molecule has 0 unspecified atom stereocenters. The molecule has 0 spiro atoms. The Morgan fingerprint density at radius 1 is 1.00 bits per heavy atom. The number of carbonyl (C=O) groups is 3. The van der Waals surface area contributed by atoms with Crippen LogP contribution in [0.2, 0.25) is 0 Å². The van der Waals surface area contributed by atoms with Crippen LogP contribution < -0.4 is 20.9 Å². The fourth-order valence-electron chi connectivity index (χ4n) is 8.67. The summed E-state index contributed by atoms with van der Waals surface area (Å²) < 4.78 is 33.1. The summed E-state index contributed by atoms with van der Waals surface area (Å²) in [5.74, 6) is 0.486. The maximum atomic E-state index is 14.7. The number of amides is 3. The van der Waals surface area contributed by atoms with Crippen LogP contribution in [0.1, 0.15) is 81.8 Å². The summed E-state index contributed by atoms with van der Waals surface area (Å²) in [5.41, 5.74) is 7.19. The summed E-state index contributed by atoms with van der Waals surface area (Å²) in [6.07, 6.45) is 6.30. The van der Waals surface area contributed by atoms with Gasteiger partial charge in [0.25, 0.3) is 12.3 Å². The van der Waals surface area contributed by atoms with Gasteiger partial charge in [-0.15, -0.1) is 11.3 Å². The number of hydrogen-bond donors (Lipinski definition) is 3. The first-order valence-corrected chi connectivity index (χ1v) is 21.4. The molecular weight excluding hydrogens is 789 g/mol. The van der Waals surface area contributed by atoms with Gasteiger partial charge in [0.2, 0.25) is 11.8 Å². The lowest BCUT2D eigenvalue weighted by atomic mass is 9.92. The number of alkyl halides is 2. The minimum Gasteiger partial charge on any atom is -0.383 e. The highest BCUT2D eigenvalue weighted by Gasteiger charge is 2.35. The molecule has 14 nitrogen and oxygen atoms in total. The van der Waals surface area contributed by atoms with Gasteiger partial charge in [-0.3, -0.25) is 34.0 Å². The molecule has 1 saturated heterocycles. The van der Waals surface area contributed by atoms with Crippen molar-refractivity contribution >= 4 is 51.4 Å². The predicted molar refractivity (Wildman–Crippen MR) is 228 cm³/mol. The Bertz CT molecular complexity index is 2400. The van der Waals surface area contributed by atoms with Gasteiger partial charge in [0.05, 0.1) is 25.3 Å². The average molecular weight is 840 g/mol. The zero-order chi connectivity index (χ0) is 42.1. The summed E-state index contributed by atoms with van der Waals surface area (Å²) in [5, 5.41) is 19.3. The summed E-state index contributed by atoms with van der Waals surface area (Å²) >= 11 is 1.43. The Kier molecular flexibility index (Phi) is 12.0. The summed E-state index contributed by atoms with van der Waals surface area (Å²) in [4.78, 5) is 49.7. The third kappa shape index (κ3) is 8.77. The van der Waals surface area contributed by atoms with Crippen LogP contribution in [-0.2, 0) is 36.0 Å². The molecule has 0 saturated carbocycles. The van der Waals surface area contributed by atoms with Gasteiger partial charge in [-0.1, -0.05) is 0 Å². The number of likely N-dealkylation sites (tertiary alicyclic amines) is 1. The molecule has 316 valence electrons. The molecule has 0 atom stereocenters. The van der Waals surface area contributed by atoms with Crippen LogP contribution in [0.3, 0.4) is 0 Å². The van der Waals surface area contributed by atoms with Crippen molar-refractivity contribution in [1.29, 1.82) is 0 Å². The van der Waals surface area contributed by atoms with E-state index in [1.54, 1.807) is 49.4 Å². The smallest absolute Gasteiger partial charge is 0.264 e. The fraction of sp³-hybridized carbons (Fsp3) is 0.442. The molecule has 3 amide bonds.